The van der Waals surface area contributed by atoms with Crippen LogP contribution in [0.1, 0.15) is 29.5 Å². The second kappa shape index (κ2) is 7.90. The van der Waals surface area contributed by atoms with Gasteiger partial charge in [0.2, 0.25) is 0 Å². The number of pyridine rings is 1. The average molecular weight is 392 g/mol. The Morgan fingerprint density at radius 1 is 1.14 bits per heavy atom. The maximum Gasteiger partial charge on any atom is 0.313 e. The van der Waals surface area contributed by atoms with Crippen molar-refractivity contribution in [2.45, 2.75) is 25.8 Å². The van der Waals surface area contributed by atoms with Crippen molar-refractivity contribution in [2.24, 2.45) is 0 Å². The SMILES string of the molecule is Cc1nc(-c2ccc(NC(=O)C(=O)N3CCC[C@H]3c3ccncc3)cc2)cs1. The number of carbonyl (C=O) groups excluding carboxylic acids is 2. The van der Waals surface area contributed by atoms with E-state index in [9.17, 15) is 9.59 Å². The number of benzene rings is 1. The summed E-state index contributed by atoms with van der Waals surface area (Å²) in [5, 5.41) is 5.72. The van der Waals surface area contributed by atoms with E-state index in [-0.39, 0.29) is 6.04 Å². The summed E-state index contributed by atoms with van der Waals surface area (Å²) in [5.74, 6) is -1.11. The third kappa shape index (κ3) is 3.80. The Hall–Kier alpha value is -3.06. The molecule has 1 aromatic carbocycles. The first-order chi connectivity index (χ1) is 13.6. The Balaban J connectivity index is 1.43. The first-order valence-electron chi connectivity index (χ1n) is 9.16. The van der Waals surface area contributed by atoms with E-state index in [0.717, 1.165) is 34.7 Å². The van der Waals surface area contributed by atoms with Gasteiger partial charge in [-0.05, 0) is 49.6 Å². The smallest absolute Gasteiger partial charge is 0.313 e. The van der Waals surface area contributed by atoms with Gasteiger partial charge in [0.15, 0.2) is 0 Å². The zero-order valence-corrected chi connectivity index (χ0v) is 16.3. The first-order valence-corrected chi connectivity index (χ1v) is 10.0. The van der Waals surface area contributed by atoms with Crippen molar-refractivity contribution in [2.75, 3.05) is 11.9 Å². The highest BCUT2D eigenvalue weighted by Gasteiger charge is 2.33. The number of carbonyl (C=O) groups is 2. The number of anilines is 1. The predicted octanol–water partition coefficient (Wildman–Crippen LogP) is 3.82. The van der Waals surface area contributed by atoms with Crippen LogP contribution in [-0.2, 0) is 9.59 Å². The van der Waals surface area contributed by atoms with Crippen molar-refractivity contribution in [3.63, 3.8) is 0 Å². The van der Waals surface area contributed by atoms with Crippen LogP contribution >= 0.6 is 11.3 Å². The lowest BCUT2D eigenvalue weighted by molar-refractivity contribution is -0.143. The van der Waals surface area contributed by atoms with Crippen molar-refractivity contribution < 1.29 is 9.59 Å². The van der Waals surface area contributed by atoms with E-state index in [4.69, 9.17) is 0 Å². The molecular weight excluding hydrogens is 372 g/mol. The molecule has 1 fully saturated rings. The highest BCUT2D eigenvalue weighted by atomic mass is 32.1. The van der Waals surface area contributed by atoms with Gasteiger partial charge in [0.05, 0.1) is 16.7 Å². The molecule has 1 saturated heterocycles. The summed E-state index contributed by atoms with van der Waals surface area (Å²) in [4.78, 5) is 35.3. The molecule has 1 aliphatic rings. The van der Waals surface area contributed by atoms with E-state index >= 15 is 0 Å². The van der Waals surface area contributed by atoms with Crippen LogP contribution in [0.25, 0.3) is 11.3 Å². The summed E-state index contributed by atoms with van der Waals surface area (Å²) in [5.41, 5.74) is 3.49. The van der Waals surface area contributed by atoms with Crippen LogP contribution in [-0.4, -0.2) is 33.2 Å². The fourth-order valence-corrected chi connectivity index (χ4v) is 4.10. The number of nitrogens with zero attached hydrogens (tertiary/aromatic N) is 3. The van der Waals surface area contributed by atoms with Gasteiger partial charge in [-0.2, -0.15) is 0 Å². The number of aryl methyl sites for hydroxylation is 1. The second-order valence-corrected chi connectivity index (χ2v) is 7.78. The highest BCUT2D eigenvalue weighted by molar-refractivity contribution is 7.09. The third-order valence-electron chi connectivity index (χ3n) is 4.86. The standard InChI is InChI=1S/C21H20N4O2S/c1-14-23-18(13-28-14)15-4-6-17(7-5-15)24-20(26)21(27)25-12-2-3-19(25)16-8-10-22-11-9-16/h4-11,13,19H,2-3,12H2,1H3,(H,24,26)/t19-/m0/s1. The highest BCUT2D eigenvalue weighted by Crippen LogP contribution is 2.31. The summed E-state index contributed by atoms with van der Waals surface area (Å²) in [7, 11) is 0. The van der Waals surface area contributed by atoms with Crippen LogP contribution in [0.4, 0.5) is 5.69 Å². The Labute approximate surface area is 167 Å². The van der Waals surface area contributed by atoms with Crippen LogP contribution < -0.4 is 5.32 Å². The Bertz CT molecular complexity index is 985. The molecule has 0 aliphatic carbocycles. The number of rotatable bonds is 3. The van der Waals surface area contributed by atoms with Gasteiger partial charge >= 0.3 is 11.8 Å². The molecule has 28 heavy (non-hydrogen) atoms. The maximum atomic E-state index is 12.7. The van der Waals surface area contributed by atoms with Crippen molar-refractivity contribution in [3.8, 4) is 11.3 Å². The number of aromatic nitrogens is 2. The third-order valence-corrected chi connectivity index (χ3v) is 5.63. The molecule has 2 aromatic heterocycles. The largest absolute Gasteiger partial charge is 0.327 e. The molecule has 0 unspecified atom stereocenters. The first kappa shape index (κ1) is 18.3. The zero-order chi connectivity index (χ0) is 19.5. The lowest BCUT2D eigenvalue weighted by atomic mass is 10.1. The summed E-state index contributed by atoms with van der Waals surface area (Å²) in [6.45, 7) is 2.55. The van der Waals surface area contributed by atoms with Gasteiger partial charge in [-0.15, -0.1) is 11.3 Å². The number of hydrogen-bond donors (Lipinski definition) is 1. The van der Waals surface area contributed by atoms with E-state index in [1.54, 1.807) is 40.8 Å². The minimum atomic E-state index is -0.613. The molecule has 2 amide bonds. The van der Waals surface area contributed by atoms with Gasteiger partial charge in [0.1, 0.15) is 0 Å². The van der Waals surface area contributed by atoms with Crippen LogP contribution in [0.2, 0.25) is 0 Å². The molecule has 3 heterocycles. The number of thiazole rings is 1. The minimum Gasteiger partial charge on any atom is -0.327 e. The zero-order valence-electron chi connectivity index (χ0n) is 15.5. The van der Waals surface area contributed by atoms with E-state index in [2.05, 4.69) is 15.3 Å². The van der Waals surface area contributed by atoms with Gasteiger partial charge in [-0.25, -0.2) is 4.98 Å². The lowest BCUT2D eigenvalue weighted by Crippen LogP contribution is -2.39. The Morgan fingerprint density at radius 3 is 2.57 bits per heavy atom. The molecule has 0 radical (unpaired) electrons. The van der Waals surface area contributed by atoms with Gasteiger partial charge < -0.3 is 10.2 Å². The number of likely N-dealkylation sites (tertiary alicyclic amines) is 1. The van der Waals surface area contributed by atoms with Crippen molar-refractivity contribution in [1.29, 1.82) is 0 Å². The fourth-order valence-electron chi connectivity index (χ4n) is 3.48. The molecule has 7 heteroatoms. The van der Waals surface area contributed by atoms with Gasteiger partial charge in [0, 0.05) is 35.6 Å². The molecule has 1 aliphatic heterocycles. The lowest BCUT2D eigenvalue weighted by Gasteiger charge is -2.24. The summed E-state index contributed by atoms with van der Waals surface area (Å²) in [6.07, 6.45) is 5.15. The van der Waals surface area contributed by atoms with Crippen molar-refractivity contribution in [1.82, 2.24) is 14.9 Å². The molecule has 1 N–H and O–H groups in total. The maximum absolute atomic E-state index is 12.7. The second-order valence-electron chi connectivity index (χ2n) is 6.72. The Kier molecular flexibility index (Phi) is 5.16. The van der Waals surface area contributed by atoms with E-state index in [1.165, 1.54) is 0 Å². The molecule has 142 valence electrons. The monoisotopic (exact) mass is 392 g/mol. The topological polar surface area (TPSA) is 75.2 Å². The number of amides is 2. The fraction of sp³-hybridized carbons (Fsp3) is 0.238. The van der Waals surface area contributed by atoms with Crippen LogP contribution in [0.5, 0.6) is 0 Å². The van der Waals surface area contributed by atoms with Crippen molar-refractivity contribution in [3.05, 3.63) is 64.7 Å². The van der Waals surface area contributed by atoms with Gasteiger partial charge in [0.25, 0.3) is 0 Å². The van der Waals surface area contributed by atoms with Crippen molar-refractivity contribution >= 4 is 28.8 Å². The number of nitrogens with one attached hydrogen (secondary N) is 1. The van der Waals surface area contributed by atoms with E-state index in [0.29, 0.717) is 12.2 Å². The Morgan fingerprint density at radius 2 is 1.89 bits per heavy atom. The summed E-state index contributed by atoms with van der Waals surface area (Å²) in [6, 6.07) is 11.1. The molecule has 6 nitrogen and oxygen atoms in total. The molecule has 3 aromatic rings. The van der Waals surface area contributed by atoms with Crippen LogP contribution in [0.3, 0.4) is 0 Å². The van der Waals surface area contributed by atoms with Crippen LogP contribution in [0.15, 0.2) is 54.2 Å². The molecule has 4 rings (SSSR count). The predicted molar refractivity (Wildman–Crippen MR) is 109 cm³/mol. The average Bonchev–Trinajstić information content (AvgIpc) is 3.38. The summed E-state index contributed by atoms with van der Waals surface area (Å²) >= 11 is 1.60. The molecule has 0 spiro atoms. The molecule has 1 atom stereocenters. The quantitative estimate of drug-likeness (QED) is 0.688. The van der Waals surface area contributed by atoms with E-state index in [1.807, 2.05) is 36.6 Å². The molecule has 0 saturated carbocycles. The van der Waals surface area contributed by atoms with Gasteiger partial charge in [-0.1, -0.05) is 12.1 Å². The van der Waals surface area contributed by atoms with E-state index < -0.39 is 11.8 Å². The van der Waals surface area contributed by atoms with Gasteiger partial charge in [-0.3, -0.25) is 14.6 Å². The number of hydrogen-bond acceptors (Lipinski definition) is 5. The minimum absolute atomic E-state index is 0.0727. The molecular formula is C21H20N4O2S. The van der Waals surface area contributed by atoms with Crippen LogP contribution in [0, 0.1) is 6.92 Å². The summed E-state index contributed by atoms with van der Waals surface area (Å²) < 4.78 is 0. The molecule has 0 bridgehead atoms. The normalized spacial score (nSPS) is 16.2.